The molecular weight excluding hydrogens is 308 g/mol. The van der Waals surface area contributed by atoms with Crippen LogP contribution in [-0.4, -0.2) is 29.6 Å². The van der Waals surface area contributed by atoms with Crippen LogP contribution in [0.5, 0.6) is 11.8 Å². The highest BCUT2D eigenvalue weighted by Gasteiger charge is 2.00. The smallest absolute Gasteiger partial charge is 0.254 e. The third-order valence-corrected chi connectivity index (χ3v) is 2.33. The topological polar surface area (TPSA) is 90.8 Å². The van der Waals surface area contributed by atoms with Gasteiger partial charge in [-0.05, 0) is 10.3 Å². The summed E-state index contributed by atoms with van der Waals surface area (Å²) in [6.07, 6.45) is 0. The zero-order valence-corrected chi connectivity index (χ0v) is 11.5. The maximum Gasteiger partial charge on any atom is 0.254 e. The van der Waals surface area contributed by atoms with Crippen LogP contribution in [-0.2, 0) is 11.9 Å². The third-order valence-electron chi connectivity index (χ3n) is 1.78. The Labute approximate surface area is 112 Å². The lowest BCUT2D eigenvalue weighted by Crippen LogP contribution is -1.79. The molecule has 2 heterocycles. The van der Waals surface area contributed by atoms with E-state index in [0.29, 0.717) is 22.9 Å². The molecule has 0 fully saturated rings. The molecule has 0 aliphatic heterocycles. The zero-order valence-electron chi connectivity index (χ0n) is 9.92. The van der Waals surface area contributed by atoms with E-state index in [-0.39, 0.29) is 6.61 Å². The molecule has 0 amide bonds. The van der Waals surface area contributed by atoms with Gasteiger partial charge in [-0.25, -0.2) is 0 Å². The van der Waals surface area contributed by atoms with Crippen LogP contribution in [0, 0.1) is 0 Å². The summed E-state index contributed by atoms with van der Waals surface area (Å²) in [5.74, 6) is 2.09. The summed E-state index contributed by atoms with van der Waals surface area (Å²) < 4.78 is 18.8. The van der Waals surface area contributed by atoms with E-state index in [1.165, 1.54) is 13.2 Å². The van der Waals surface area contributed by atoms with E-state index in [1.807, 2.05) is 0 Å². The number of halogens is 1. The normalized spacial score (nSPS) is 9.56. The quantitative estimate of drug-likeness (QED) is 0.858. The van der Waals surface area contributed by atoms with Crippen LogP contribution in [0.4, 0.5) is 0 Å². The van der Waals surface area contributed by atoms with E-state index < -0.39 is 0 Å². The molecule has 0 saturated heterocycles. The SMILES string of the molecule is COc1cc(CBr)on1.COc1cc(CO)on1. The highest BCUT2D eigenvalue weighted by molar-refractivity contribution is 9.08. The van der Waals surface area contributed by atoms with Crippen molar-refractivity contribution in [2.24, 2.45) is 0 Å². The Kier molecular flexibility index (Phi) is 6.23. The van der Waals surface area contributed by atoms with Crippen LogP contribution in [0.25, 0.3) is 0 Å². The second-order valence-corrected chi connectivity index (χ2v) is 3.52. The van der Waals surface area contributed by atoms with E-state index in [9.17, 15) is 0 Å². The van der Waals surface area contributed by atoms with Crippen molar-refractivity contribution in [3.8, 4) is 11.8 Å². The standard InChI is InChI=1S/C5H6BrNO2.C5H7NO3/c1-8-5-2-4(3-6)9-7-5;1-8-5-2-4(3-7)9-6-5/h2H,3H2,1H3;2,7H,3H2,1H3. The lowest BCUT2D eigenvalue weighted by molar-refractivity contribution is 0.226. The minimum atomic E-state index is -0.143. The van der Waals surface area contributed by atoms with E-state index in [1.54, 1.807) is 13.2 Å². The molecule has 0 aliphatic rings. The summed E-state index contributed by atoms with van der Waals surface area (Å²) in [6.45, 7) is -0.143. The molecule has 2 rings (SSSR count). The summed E-state index contributed by atoms with van der Waals surface area (Å²) in [5, 5.41) is 16.2. The largest absolute Gasteiger partial charge is 0.479 e. The van der Waals surface area contributed by atoms with E-state index >= 15 is 0 Å². The van der Waals surface area contributed by atoms with E-state index in [2.05, 4.69) is 35.5 Å². The predicted molar refractivity (Wildman–Crippen MR) is 64.7 cm³/mol. The number of methoxy groups -OCH3 is 2. The molecule has 100 valence electrons. The van der Waals surface area contributed by atoms with Crippen molar-refractivity contribution in [1.29, 1.82) is 0 Å². The number of hydrogen-bond donors (Lipinski definition) is 1. The van der Waals surface area contributed by atoms with Gasteiger partial charge in [0.25, 0.3) is 11.8 Å². The zero-order chi connectivity index (χ0) is 13.4. The van der Waals surface area contributed by atoms with Crippen LogP contribution >= 0.6 is 15.9 Å². The summed E-state index contributed by atoms with van der Waals surface area (Å²) >= 11 is 3.21. The van der Waals surface area contributed by atoms with E-state index in [4.69, 9.17) is 14.4 Å². The highest BCUT2D eigenvalue weighted by atomic mass is 79.9. The van der Waals surface area contributed by atoms with Gasteiger partial charge < -0.3 is 23.6 Å². The average Bonchev–Trinajstić information content (AvgIpc) is 3.07. The minimum Gasteiger partial charge on any atom is -0.479 e. The van der Waals surface area contributed by atoms with Gasteiger partial charge in [0.05, 0.1) is 19.5 Å². The first kappa shape index (κ1) is 14.5. The summed E-state index contributed by atoms with van der Waals surface area (Å²) in [7, 11) is 3.04. The molecule has 18 heavy (non-hydrogen) atoms. The Morgan fingerprint density at radius 1 is 1.11 bits per heavy atom. The predicted octanol–water partition coefficient (Wildman–Crippen LogP) is 1.75. The van der Waals surface area contributed by atoms with Crippen molar-refractivity contribution in [3.63, 3.8) is 0 Å². The molecule has 8 heteroatoms. The van der Waals surface area contributed by atoms with Gasteiger partial charge in [0.2, 0.25) is 0 Å². The molecule has 0 unspecified atom stereocenters. The maximum atomic E-state index is 8.46. The molecule has 0 aliphatic carbocycles. The third kappa shape index (κ3) is 4.38. The van der Waals surface area contributed by atoms with Gasteiger partial charge >= 0.3 is 0 Å². The van der Waals surface area contributed by atoms with Crippen molar-refractivity contribution >= 4 is 15.9 Å². The molecule has 0 saturated carbocycles. The van der Waals surface area contributed by atoms with Crippen LogP contribution < -0.4 is 9.47 Å². The number of aromatic nitrogens is 2. The number of nitrogens with zero attached hydrogens (tertiary/aromatic N) is 2. The van der Waals surface area contributed by atoms with Crippen molar-refractivity contribution in [1.82, 2.24) is 10.3 Å². The summed E-state index contributed by atoms with van der Waals surface area (Å²) in [5.41, 5.74) is 0. The summed E-state index contributed by atoms with van der Waals surface area (Å²) in [4.78, 5) is 0. The molecule has 1 N–H and O–H groups in total. The molecule has 2 aromatic heterocycles. The van der Waals surface area contributed by atoms with Crippen LogP contribution in [0.1, 0.15) is 11.5 Å². The van der Waals surface area contributed by atoms with Crippen molar-refractivity contribution < 1.29 is 23.6 Å². The van der Waals surface area contributed by atoms with Gasteiger partial charge in [-0.2, -0.15) is 0 Å². The maximum absolute atomic E-state index is 8.46. The Balaban J connectivity index is 0.000000180. The molecule has 2 aromatic rings. The lowest BCUT2D eigenvalue weighted by atomic mass is 10.5. The van der Waals surface area contributed by atoms with Crippen LogP contribution in [0.15, 0.2) is 21.2 Å². The molecule has 7 nitrogen and oxygen atoms in total. The minimum absolute atomic E-state index is 0.143. The fraction of sp³-hybridized carbons (Fsp3) is 0.400. The first-order chi connectivity index (χ1) is 8.73. The van der Waals surface area contributed by atoms with Gasteiger partial charge in [-0.15, -0.1) is 0 Å². The molecule has 0 atom stereocenters. The summed E-state index contributed by atoms with van der Waals surface area (Å²) in [6, 6.07) is 3.26. The Bertz CT molecular complexity index is 377. The number of ether oxygens (including phenoxy) is 2. The van der Waals surface area contributed by atoms with Gasteiger partial charge in [-0.1, -0.05) is 15.9 Å². The lowest BCUT2D eigenvalue weighted by Gasteiger charge is -1.83. The fourth-order valence-electron chi connectivity index (χ4n) is 0.918. The number of hydrogen-bond acceptors (Lipinski definition) is 7. The highest BCUT2D eigenvalue weighted by Crippen LogP contribution is 2.12. The molecule has 0 aromatic carbocycles. The first-order valence-electron chi connectivity index (χ1n) is 4.89. The first-order valence-corrected chi connectivity index (χ1v) is 6.01. The average molecular weight is 321 g/mol. The van der Waals surface area contributed by atoms with Gasteiger partial charge in [0.15, 0.2) is 11.5 Å². The Morgan fingerprint density at radius 2 is 1.61 bits per heavy atom. The number of aliphatic hydroxyl groups is 1. The van der Waals surface area contributed by atoms with Crippen molar-refractivity contribution in [3.05, 3.63) is 23.7 Å². The van der Waals surface area contributed by atoms with Gasteiger partial charge in [-0.3, -0.25) is 0 Å². The molecule has 0 radical (unpaired) electrons. The van der Waals surface area contributed by atoms with Gasteiger partial charge in [0.1, 0.15) is 6.61 Å². The second-order valence-electron chi connectivity index (χ2n) is 2.96. The second kappa shape index (κ2) is 7.72. The Morgan fingerprint density at radius 3 is 1.89 bits per heavy atom. The molecule has 0 spiro atoms. The number of alkyl halides is 1. The Hall–Kier alpha value is -1.54. The number of rotatable bonds is 4. The van der Waals surface area contributed by atoms with E-state index in [0.717, 1.165) is 5.76 Å². The fourth-order valence-corrected chi connectivity index (χ4v) is 1.18. The molecule has 0 bridgehead atoms. The van der Waals surface area contributed by atoms with Crippen molar-refractivity contribution in [2.45, 2.75) is 11.9 Å². The van der Waals surface area contributed by atoms with Gasteiger partial charge in [0, 0.05) is 12.1 Å². The monoisotopic (exact) mass is 320 g/mol. The van der Waals surface area contributed by atoms with Crippen molar-refractivity contribution in [2.75, 3.05) is 14.2 Å². The van der Waals surface area contributed by atoms with Crippen LogP contribution in [0.2, 0.25) is 0 Å². The van der Waals surface area contributed by atoms with Crippen LogP contribution in [0.3, 0.4) is 0 Å². The number of aliphatic hydroxyl groups excluding tert-OH is 1. The molecular formula is C10H13BrN2O5.